The van der Waals surface area contributed by atoms with E-state index in [9.17, 15) is 9.59 Å². The zero-order chi connectivity index (χ0) is 19.6. The average molecular weight is 403 g/mol. The minimum absolute atomic E-state index is 0.00874. The van der Waals surface area contributed by atoms with Gasteiger partial charge < -0.3 is 15.4 Å². The van der Waals surface area contributed by atoms with Gasteiger partial charge in [0.15, 0.2) is 10.9 Å². The maximum atomic E-state index is 12.4. The van der Waals surface area contributed by atoms with Gasteiger partial charge in [-0.1, -0.05) is 19.1 Å². The van der Waals surface area contributed by atoms with Crippen LogP contribution in [0.25, 0.3) is 0 Å². The van der Waals surface area contributed by atoms with Crippen molar-refractivity contribution in [2.45, 2.75) is 33.1 Å². The molecule has 0 aliphatic heterocycles. The molecule has 0 spiro atoms. The van der Waals surface area contributed by atoms with Crippen molar-refractivity contribution in [3.63, 3.8) is 0 Å². The van der Waals surface area contributed by atoms with Crippen LogP contribution in [0.3, 0.4) is 0 Å². The molecule has 3 rings (SSSR count). The number of anilines is 2. The lowest BCUT2D eigenvalue weighted by molar-refractivity contribution is 0.0600. The van der Waals surface area contributed by atoms with Crippen LogP contribution in [-0.4, -0.2) is 24.0 Å². The first-order chi connectivity index (χ1) is 12.9. The van der Waals surface area contributed by atoms with Crippen molar-refractivity contribution in [3.8, 4) is 0 Å². The van der Waals surface area contributed by atoms with E-state index < -0.39 is 0 Å². The van der Waals surface area contributed by atoms with E-state index in [2.05, 4.69) is 17.6 Å². The molecule has 2 aromatic rings. The third-order valence-electron chi connectivity index (χ3n) is 4.66. The fourth-order valence-electron chi connectivity index (χ4n) is 3.24. The summed E-state index contributed by atoms with van der Waals surface area (Å²) < 4.78 is 5.00. The Bertz CT molecular complexity index is 905. The summed E-state index contributed by atoms with van der Waals surface area (Å²) in [6.07, 6.45) is 2.90. The third-order valence-corrected chi connectivity index (χ3v) is 6.03. The SMILES string of the molecule is COC(=O)c1c(NC(=S)Nc2cccc(C(C)=O)c2)sc2c1CCC(C)C2. The second kappa shape index (κ2) is 8.19. The van der Waals surface area contributed by atoms with Gasteiger partial charge in [0.2, 0.25) is 0 Å². The highest BCUT2D eigenvalue weighted by molar-refractivity contribution is 7.80. The number of thiocarbonyl (C=S) groups is 1. The number of thiophene rings is 1. The molecule has 7 heteroatoms. The first-order valence-corrected chi connectivity index (χ1v) is 10.0. The molecule has 27 heavy (non-hydrogen) atoms. The van der Waals surface area contributed by atoms with Crippen molar-refractivity contribution in [1.82, 2.24) is 0 Å². The maximum absolute atomic E-state index is 12.4. The number of ether oxygens (including phenoxy) is 1. The number of ketones is 1. The Kier molecular flexibility index (Phi) is 5.92. The van der Waals surface area contributed by atoms with Crippen LogP contribution in [0.4, 0.5) is 10.7 Å². The number of esters is 1. The van der Waals surface area contributed by atoms with E-state index in [4.69, 9.17) is 17.0 Å². The molecule has 2 N–H and O–H groups in total. The Morgan fingerprint density at radius 1 is 1.30 bits per heavy atom. The van der Waals surface area contributed by atoms with E-state index in [-0.39, 0.29) is 11.8 Å². The Morgan fingerprint density at radius 3 is 2.78 bits per heavy atom. The van der Waals surface area contributed by atoms with E-state index in [1.165, 1.54) is 18.9 Å². The second-order valence-electron chi connectivity index (χ2n) is 6.76. The number of benzene rings is 1. The topological polar surface area (TPSA) is 67.4 Å². The number of carbonyl (C=O) groups is 2. The molecule has 1 aliphatic carbocycles. The number of fused-ring (bicyclic) bond motifs is 1. The zero-order valence-corrected chi connectivity index (χ0v) is 17.2. The van der Waals surface area contributed by atoms with Crippen LogP contribution in [0, 0.1) is 5.92 Å². The monoisotopic (exact) mass is 402 g/mol. The lowest BCUT2D eigenvalue weighted by atomic mass is 9.88. The molecule has 1 aliphatic rings. The fraction of sp³-hybridized carbons (Fsp3) is 0.350. The summed E-state index contributed by atoms with van der Waals surface area (Å²) in [6.45, 7) is 3.75. The van der Waals surface area contributed by atoms with E-state index in [1.54, 1.807) is 29.5 Å². The third kappa shape index (κ3) is 4.36. The number of carbonyl (C=O) groups excluding carboxylic acids is 2. The smallest absolute Gasteiger partial charge is 0.341 e. The van der Waals surface area contributed by atoms with Gasteiger partial charge in [-0.25, -0.2) is 4.79 Å². The molecule has 1 aromatic carbocycles. The van der Waals surface area contributed by atoms with Crippen molar-refractivity contribution in [1.29, 1.82) is 0 Å². The predicted octanol–water partition coefficient (Wildman–Crippen LogP) is 4.67. The number of Topliss-reactive ketones (excluding diaryl/α,β-unsaturated/α-hetero) is 1. The minimum atomic E-state index is -0.342. The summed E-state index contributed by atoms with van der Waals surface area (Å²) in [4.78, 5) is 25.1. The molecule has 0 saturated carbocycles. The van der Waals surface area contributed by atoms with Gasteiger partial charge in [-0.15, -0.1) is 11.3 Å². The molecule has 0 bridgehead atoms. The van der Waals surface area contributed by atoms with Crippen molar-refractivity contribution in [2.75, 3.05) is 17.7 Å². The van der Waals surface area contributed by atoms with Crippen molar-refractivity contribution in [3.05, 3.63) is 45.8 Å². The van der Waals surface area contributed by atoms with Crippen LogP contribution in [0.15, 0.2) is 24.3 Å². The summed E-state index contributed by atoms with van der Waals surface area (Å²) in [5.41, 5.74) is 2.99. The van der Waals surface area contributed by atoms with Crippen LogP contribution in [0.1, 0.15) is 51.4 Å². The lowest BCUT2D eigenvalue weighted by Crippen LogP contribution is -2.20. The molecule has 0 amide bonds. The summed E-state index contributed by atoms with van der Waals surface area (Å²) in [6, 6.07) is 7.14. The zero-order valence-electron chi connectivity index (χ0n) is 15.5. The van der Waals surface area contributed by atoms with Gasteiger partial charge in [0.1, 0.15) is 5.00 Å². The van der Waals surface area contributed by atoms with Crippen LogP contribution < -0.4 is 10.6 Å². The predicted molar refractivity (Wildman–Crippen MR) is 113 cm³/mol. The number of methoxy groups -OCH3 is 1. The van der Waals surface area contributed by atoms with E-state index >= 15 is 0 Å². The second-order valence-corrected chi connectivity index (χ2v) is 8.28. The van der Waals surface area contributed by atoms with Crippen molar-refractivity contribution >= 4 is 51.1 Å². The Balaban J connectivity index is 1.82. The highest BCUT2D eigenvalue weighted by atomic mass is 32.1. The molecular formula is C20H22N2O3S2. The summed E-state index contributed by atoms with van der Waals surface area (Å²) in [5.74, 6) is 0.255. The summed E-state index contributed by atoms with van der Waals surface area (Å²) >= 11 is 6.98. The van der Waals surface area contributed by atoms with E-state index in [0.717, 1.165) is 30.5 Å². The molecular weight excluding hydrogens is 380 g/mol. The molecule has 142 valence electrons. The van der Waals surface area contributed by atoms with Crippen molar-refractivity contribution in [2.24, 2.45) is 5.92 Å². The molecule has 1 unspecified atom stereocenters. The van der Waals surface area contributed by atoms with Crippen LogP contribution >= 0.6 is 23.6 Å². The average Bonchev–Trinajstić information content (AvgIpc) is 2.97. The number of hydrogen-bond donors (Lipinski definition) is 2. The van der Waals surface area contributed by atoms with Gasteiger partial charge in [0.25, 0.3) is 0 Å². The van der Waals surface area contributed by atoms with E-state index in [0.29, 0.717) is 27.2 Å². The molecule has 0 saturated heterocycles. The fourth-order valence-corrected chi connectivity index (χ4v) is 4.93. The van der Waals surface area contributed by atoms with E-state index in [1.807, 2.05) is 6.07 Å². The normalized spacial score (nSPS) is 15.6. The molecule has 1 heterocycles. The van der Waals surface area contributed by atoms with Gasteiger partial charge in [-0.3, -0.25) is 4.79 Å². The number of nitrogens with one attached hydrogen (secondary N) is 2. The highest BCUT2D eigenvalue weighted by Gasteiger charge is 2.28. The standard InChI is InChI=1S/C20H22N2O3S2/c1-11-7-8-15-16(9-11)27-18(17(15)19(24)25-3)22-20(26)21-14-6-4-5-13(10-14)12(2)23/h4-6,10-11H,7-9H2,1-3H3,(H2,21,22,26). The first-order valence-electron chi connectivity index (χ1n) is 8.81. The number of hydrogen-bond acceptors (Lipinski definition) is 5. The Morgan fingerprint density at radius 2 is 2.07 bits per heavy atom. The summed E-state index contributed by atoms with van der Waals surface area (Å²) in [5, 5.41) is 7.31. The van der Waals surface area contributed by atoms with Gasteiger partial charge in [-0.2, -0.15) is 0 Å². The number of rotatable bonds is 4. The first kappa shape index (κ1) is 19.5. The van der Waals surface area contributed by atoms with Crippen molar-refractivity contribution < 1.29 is 14.3 Å². The maximum Gasteiger partial charge on any atom is 0.341 e. The molecule has 1 aromatic heterocycles. The summed E-state index contributed by atoms with van der Waals surface area (Å²) in [7, 11) is 1.39. The Hall–Kier alpha value is -2.25. The van der Waals surface area contributed by atoms with Gasteiger partial charge >= 0.3 is 5.97 Å². The van der Waals surface area contributed by atoms with Crippen LogP contribution in [-0.2, 0) is 17.6 Å². The van der Waals surface area contributed by atoms with Gasteiger partial charge in [-0.05, 0) is 62.0 Å². The molecule has 0 fully saturated rings. The largest absolute Gasteiger partial charge is 0.465 e. The van der Waals surface area contributed by atoms with Crippen LogP contribution in [0.2, 0.25) is 0 Å². The lowest BCUT2D eigenvalue weighted by Gasteiger charge is -2.18. The molecule has 5 nitrogen and oxygen atoms in total. The highest BCUT2D eigenvalue weighted by Crippen LogP contribution is 2.40. The molecule has 0 radical (unpaired) electrons. The molecule has 1 atom stereocenters. The quantitative estimate of drug-likeness (QED) is 0.440. The Labute approximate surface area is 168 Å². The van der Waals surface area contributed by atoms with Gasteiger partial charge in [0.05, 0.1) is 12.7 Å². The van der Waals surface area contributed by atoms with Gasteiger partial charge in [0, 0.05) is 16.1 Å². The minimum Gasteiger partial charge on any atom is -0.465 e. The van der Waals surface area contributed by atoms with Crippen LogP contribution in [0.5, 0.6) is 0 Å².